The van der Waals surface area contributed by atoms with E-state index in [4.69, 9.17) is 0 Å². The summed E-state index contributed by atoms with van der Waals surface area (Å²) in [6.45, 7) is 6.16. The van der Waals surface area contributed by atoms with E-state index in [-0.39, 0.29) is 0 Å². The number of allylic oxidation sites excluding steroid dienone is 1. The van der Waals surface area contributed by atoms with Crippen molar-refractivity contribution in [2.75, 3.05) is 0 Å². The molecule has 17 heavy (non-hydrogen) atoms. The molecule has 0 amide bonds. The second kappa shape index (κ2) is 5.18. The average molecular weight is 224 g/mol. The van der Waals surface area contributed by atoms with E-state index in [9.17, 15) is 0 Å². The summed E-state index contributed by atoms with van der Waals surface area (Å²) < 4.78 is 0. The molecule has 0 radical (unpaired) electrons. The standard InChI is InChI=1S/C15H14.C2H6/c1-11-6-7-13-9-8-12-4-2-3-5-14(12)15(13)10-11;1-2/h3,5-10H,2,4H2,1H3;1-2H3. The van der Waals surface area contributed by atoms with Crippen LogP contribution in [0.4, 0.5) is 0 Å². The Morgan fingerprint density at radius 1 is 1.00 bits per heavy atom. The molecule has 1 aliphatic rings. The normalized spacial score (nSPS) is 12.9. The third kappa shape index (κ3) is 2.26. The molecule has 0 aromatic heterocycles. The van der Waals surface area contributed by atoms with E-state index in [1.807, 2.05) is 13.8 Å². The molecule has 1 aliphatic carbocycles. The molecule has 3 rings (SSSR count). The summed E-state index contributed by atoms with van der Waals surface area (Å²) in [5.74, 6) is 0. The van der Waals surface area contributed by atoms with Gasteiger partial charge in [-0.2, -0.15) is 0 Å². The van der Waals surface area contributed by atoms with Gasteiger partial charge in [0.1, 0.15) is 0 Å². The number of aryl methyl sites for hydroxylation is 2. The van der Waals surface area contributed by atoms with Crippen LogP contribution < -0.4 is 0 Å². The quantitative estimate of drug-likeness (QED) is 0.581. The maximum atomic E-state index is 2.30. The third-order valence-electron chi connectivity index (χ3n) is 3.17. The van der Waals surface area contributed by atoms with Crippen LogP contribution >= 0.6 is 0 Å². The lowest BCUT2D eigenvalue weighted by atomic mass is 9.92. The lowest BCUT2D eigenvalue weighted by Gasteiger charge is -2.13. The van der Waals surface area contributed by atoms with Crippen LogP contribution in [0.3, 0.4) is 0 Å². The minimum absolute atomic E-state index is 1.18. The molecular formula is C17H20. The molecule has 0 fully saturated rings. The second-order valence-electron chi connectivity index (χ2n) is 4.30. The molecule has 0 aliphatic heterocycles. The molecule has 2 aromatic carbocycles. The van der Waals surface area contributed by atoms with Gasteiger partial charge in [-0.25, -0.2) is 0 Å². The Morgan fingerprint density at radius 2 is 1.76 bits per heavy atom. The van der Waals surface area contributed by atoms with Crippen LogP contribution in [0.1, 0.15) is 37.0 Å². The summed E-state index contributed by atoms with van der Waals surface area (Å²) >= 11 is 0. The molecule has 0 atom stereocenters. The van der Waals surface area contributed by atoms with Crippen molar-refractivity contribution in [2.45, 2.75) is 33.6 Å². The number of fused-ring (bicyclic) bond motifs is 3. The fraction of sp³-hybridized carbons (Fsp3) is 0.294. The van der Waals surface area contributed by atoms with E-state index >= 15 is 0 Å². The van der Waals surface area contributed by atoms with Gasteiger partial charge < -0.3 is 0 Å². The number of rotatable bonds is 0. The van der Waals surface area contributed by atoms with Crippen LogP contribution in [-0.2, 0) is 6.42 Å². The maximum absolute atomic E-state index is 2.30. The van der Waals surface area contributed by atoms with Gasteiger partial charge in [-0.3, -0.25) is 0 Å². The van der Waals surface area contributed by atoms with Gasteiger partial charge in [0, 0.05) is 0 Å². The second-order valence-corrected chi connectivity index (χ2v) is 4.30. The van der Waals surface area contributed by atoms with Crippen molar-refractivity contribution in [1.82, 2.24) is 0 Å². The summed E-state index contributed by atoms with van der Waals surface area (Å²) in [5, 5.41) is 2.76. The molecule has 0 heterocycles. The summed E-state index contributed by atoms with van der Waals surface area (Å²) in [4.78, 5) is 0. The molecule has 0 bridgehead atoms. The molecule has 0 N–H and O–H groups in total. The average Bonchev–Trinajstić information content (AvgIpc) is 2.41. The van der Waals surface area contributed by atoms with Gasteiger partial charge in [-0.15, -0.1) is 0 Å². The highest BCUT2D eigenvalue weighted by molar-refractivity contribution is 5.92. The van der Waals surface area contributed by atoms with Gasteiger partial charge in [-0.05, 0) is 41.7 Å². The minimum Gasteiger partial charge on any atom is -0.0836 e. The fourth-order valence-corrected chi connectivity index (χ4v) is 2.36. The van der Waals surface area contributed by atoms with Crippen LogP contribution in [-0.4, -0.2) is 0 Å². The Kier molecular flexibility index (Phi) is 3.63. The minimum atomic E-state index is 1.18. The van der Waals surface area contributed by atoms with Crippen LogP contribution in [0, 0.1) is 6.92 Å². The number of hydrogen-bond acceptors (Lipinski definition) is 0. The zero-order valence-electron chi connectivity index (χ0n) is 11.0. The molecular weight excluding hydrogens is 204 g/mol. The molecule has 0 nitrogen and oxygen atoms in total. The zero-order valence-corrected chi connectivity index (χ0v) is 11.0. The molecule has 0 unspecified atom stereocenters. The lowest BCUT2D eigenvalue weighted by Crippen LogP contribution is -1.94. The Labute approximate surface area is 104 Å². The Morgan fingerprint density at radius 3 is 2.59 bits per heavy atom. The zero-order chi connectivity index (χ0) is 12.3. The highest BCUT2D eigenvalue weighted by Gasteiger charge is 2.07. The lowest BCUT2D eigenvalue weighted by molar-refractivity contribution is 0.990. The fourth-order valence-electron chi connectivity index (χ4n) is 2.36. The van der Waals surface area contributed by atoms with Crippen LogP contribution in [0.5, 0.6) is 0 Å². The van der Waals surface area contributed by atoms with Crippen molar-refractivity contribution in [3.05, 3.63) is 53.1 Å². The van der Waals surface area contributed by atoms with Gasteiger partial charge in [0.2, 0.25) is 0 Å². The van der Waals surface area contributed by atoms with Gasteiger partial charge in [-0.1, -0.05) is 61.9 Å². The maximum Gasteiger partial charge on any atom is -0.0106 e. The van der Waals surface area contributed by atoms with E-state index in [0.717, 1.165) is 0 Å². The Bertz CT molecular complexity index is 547. The van der Waals surface area contributed by atoms with E-state index in [1.165, 1.54) is 40.3 Å². The first-order chi connectivity index (χ1) is 8.34. The Balaban J connectivity index is 0.000000514. The van der Waals surface area contributed by atoms with Crippen molar-refractivity contribution < 1.29 is 0 Å². The molecule has 88 valence electrons. The van der Waals surface area contributed by atoms with E-state index in [0.29, 0.717) is 0 Å². The smallest absolute Gasteiger partial charge is 0.0106 e. The van der Waals surface area contributed by atoms with Crippen molar-refractivity contribution >= 4 is 16.8 Å². The number of hydrogen-bond donors (Lipinski definition) is 0. The van der Waals surface area contributed by atoms with Crippen LogP contribution in [0.2, 0.25) is 0 Å². The van der Waals surface area contributed by atoms with Gasteiger partial charge in [0.15, 0.2) is 0 Å². The third-order valence-corrected chi connectivity index (χ3v) is 3.17. The predicted octanol–water partition coefficient (Wildman–Crippen LogP) is 5.13. The molecule has 0 saturated carbocycles. The summed E-state index contributed by atoms with van der Waals surface area (Å²) in [7, 11) is 0. The van der Waals surface area contributed by atoms with Crippen molar-refractivity contribution in [3.8, 4) is 0 Å². The van der Waals surface area contributed by atoms with Crippen molar-refractivity contribution in [3.63, 3.8) is 0 Å². The first-order valence-electron chi connectivity index (χ1n) is 6.53. The predicted molar refractivity (Wildman–Crippen MR) is 77.4 cm³/mol. The van der Waals surface area contributed by atoms with E-state index < -0.39 is 0 Å². The van der Waals surface area contributed by atoms with E-state index in [1.54, 1.807) is 0 Å². The highest BCUT2D eigenvalue weighted by atomic mass is 14.1. The first-order valence-corrected chi connectivity index (χ1v) is 6.53. The topological polar surface area (TPSA) is 0 Å². The molecule has 0 spiro atoms. The van der Waals surface area contributed by atoms with Crippen molar-refractivity contribution in [1.29, 1.82) is 0 Å². The summed E-state index contributed by atoms with van der Waals surface area (Å²) in [6, 6.07) is 11.2. The van der Waals surface area contributed by atoms with E-state index in [2.05, 4.69) is 49.4 Å². The monoisotopic (exact) mass is 224 g/mol. The largest absolute Gasteiger partial charge is 0.0836 e. The summed E-state index contributed by atoms with van der Waals surface area (Å²) in [5.41, 5.74) is 4.27. The number of benzene rings is 2. The highest BCUT2D eigenvalue weighted by Crippen LogP contribution is 2.28. The summed E-state index contributed by atoms with van der Waals surface area (Å²) in [6.07, 6.45) is 6.94. The van der Waals surface area contributed by atoms with Crippen LogP contribution in [0.15, 0.2) is 36.4 Å². The molecule has 2 aromatic rings. The first kappa shape index (κ1) is 11.9. The molecule has 0 saturated heterocycles. The van der Waals surface area contributed by atoms with Gasteiger partial charge in [0.05, 0.1) is 0 Å². The SMILES string of the molecule is CC.Cc1ccc2ccc3c(c2c1)C=CCC3. The van der Waals surface area contributed by atoms with Gasteiger partial charge >= 0.3 is 0 Å². The van der Waals surface area contributed by atoms with Gasteiger partial charge in [0.25, 0.3) is 0 Å². The Hall–Kier alpha value is -1.56. The molecule has 0 heteroatoms. The van der Waals surface area contributed by atoms with Crippen molar-refractivity contribution in [2.24, 2.45) is 0 Å². The van der Waals surface area contributed by atoms with Crippen LogP contribution in [0.25, 0.3) is 16.8 Å².